The number of fused-ring (bicyclic) bond motifs is 3. The largest absolute Gasteiger partial charge is 0.478 e. The maximum Gasteiger partial charge on any atom is 0.335 e. The van der Waals surface area contributed by atoms with Gasteiger partial charge in [0.05, 0.1) is 28.0 Å². The van der Waals surface area contributed by atoms with Gasteiger partial charge in [0.15, 0.2) is 0 Å². The highest BCUT2D eigenvalue weighted by atomic mass is 16.5. The van der Waals surface area contributed by atoms with Crippen molar-refractivity contribution in [3.8, 4) is 0 Å². The van der Waals surface area contributed by atoms with Crippen LogP contribution in [0.2, 0.25) is 0 Å². The van der Waals surface area contributed by atoms with Crippen LogP contribution in [0.15, 0.2) is 72.8 Å². The third kappa shape index (κ3) is 7.50. The second-order valence-corrected chi connectivity index (χ2v) is 12.2. The van der Waals surface area contributed by atoms with Gasteiger partial charge in [-0.15, -0.1) is 0 Å². The number of rotatable bonds is 16. The van der Waals surface area contributed by atoms with Crippen LogP contribution in [0, 0.1) is 0 Å². The molecule has 3 aromatic heterocycles. The Balaban J connectivity index is 1.51. The van der Waals surface area contributed by atoms with Crippen molar-refractivity contribution < 1.29 is 33.8 Å². The van der Waals surface area contributed by atoms with E-state index in [1.165, 1.54) is 17.0 Å². The number of carboxylic acids is 1. The van der Waals surface area contributed by atoms with Gasteiger partial charge in [0, 0.05) is 61.1 Å². The van der Waals surface area contributed by atoms with Crippen LogP contribution < -0.4 is 27.0 Å². The van der Waals surface area contributed by atoms with Crippen LogP contribution >= 0.6 is 0 Å². The third-order valence-corrected chi connectivity index (χ3v) is 8.76. The minimum atomic E-state index is -1.08. The summed E-state index contributed by atoms with van der Waals surface area (Å²) in [7, 11) is 0. The number of amides is 3. The molecule has 0 aliphatic rings. The molecule has 0 saturated heterocycles. The number of nitrogens with one attached hydrogen (secondary N) is 3. The summed E-state index contributed by atoms with van der Waals surface area (Å²) < 4.78 is 14.9. The van der Waals surface area contributed by atoms with Crippen LogP contribution in [0.4, 0.5) is 11.4 Å². The fraction of sp³-hybridized carbons (Fsp3) is 0.263. The lowest BCUT2D eigenvalue weighted by atomic mass is 10.1. The number of nitrogens with zero attached hydrogens (tertiary/aromatic N) is 3. The second-order valence-electron chi connectivity index (χ2n) is 12.2. The summed E-state index contributed by atoms with van der Waals surface area (Å²) in [5.74, 6) is -2.13. The summed E-state index contributed by atoms with van der Waals surface area (Å²) in [4.78, 5) is 57.4. The molecule has 3 amide bonds. The first kappa shape index (κ1) is 36.8. The van der Waals surface area contributed by atoms with Crippen molar-refractivity contribution in [3.63, 3.8) is 0 Å². The van der Waals surface area contributed by atoms with E-state index < -0.39 is 11.9 Å². The van der Waals surface area contributed by atoms with E-state index in [9.17, 15) is 24.3 Å². The van der Waals surface area contributed by atoms with Gasteiger partial charge >= 0.3 is 5.97 Å². The molecule has 0 radical (unpaired) electrons. The van der Waals surface area contributed by atoms with E-state index in [2.05, 4.69) is 15.6 Å². The van der Waals surface area contributed by atoms with Crippen molar-refractivity contribution in [1.29, 1.82) is 0 Å². The molecule has 0 spiro atoms. The molecule has 0 aliphatic carbocycles. The number of carbonyl (C=O) groups is 4. The first-order valence-corrected chi connectivity index (χ1v) is 17.3. The number of hydrogen-bond acceptors (Lipinski definition) is 8. The first-order valence-electron chi connectivity index (χ1n) is 17.3. The van der Waals surface area contributed by atoms with Gasteiger partial charge < -0.3 is 50.8 Å². The lowest BCUT2D eigenvalue weighted by Gasteiger charge is -2.23. The molecule has 0 unspecified atom stereocenters. The molecule has 6 rings (SSSR count). The Morgan fingerprint density at radius 2 is 1.25 bits per heavy atom. The van der Waals surface area contributed by atoms with E-state index >= 15 is 0 Å². The summed E-state index contributed by atoms with van der Waals surface area (Å²) in [5, 5.41) is 17.1. The maximum atomic E-state index is 14.7. The third-order valence-electron chi connectivity index (χ3n) is 8.76. The van der Waals surface area contributed by atoms with Gasteiger partial charge in [-0.2, -0.15) is 0 Å². The number of carbonyl (C=O) groups excluding carboxylic acids is 3. The Labute approximate surface area is 304 Å². The zero-order chi connectivity index (χ0) is 37.6. The SMILES string of the molecule is CCOCn1c(C(=O)NCCN)cc2cc(N(C(=O)c3cc4cc(C(=O)O)ccc4[nH]3)c3ccc4c(c3)cc(C(=O)NCCN)n4COCC)ccc21. The first-order chi connectivity index (χ1) is 25.7. The quantitative estimate of drug-likeness (QED) is 0.0847. The molecule has 0 fully saturated rings. The Morgan fingerprint density at radius 3 is 1.72 bits per heavy atom. The number of aromatic amines is 1. The fourth-order valence-corrected chi connectivity index (χ4v) is 6.25. The van der Waals surface area contributed by atoms with E-state index in [0.29, 0.717) is 70.7 Å². The molecule has 0 saturated carbocycles. The highest BCUT2D eigenvalue weighted by Gasteiger charge is 2.25. The van der Waals surface area contributed by atoms with Crippen molar-refractivity contribution in [2.24, 2.45) is 11.5 Å². The average Bonchev–Trinajstić information content (AvgIpc) is 3.87. The smallest absolute Gasteiger partial charge is 0.335 e. The Bertz CT molecular complexity index is 2210. The molecule has 0 atom stereocenters. The number of carboxylic acid groups (broad SMARTS) is 1. The minimum absolute atomic E-state index is 0.0917. The van der Waals surface area contributed by atoms with E-state index in [1.807, 2.05) is 38.1 Å². The standard InChI is InChI=1S/C38H42N8O7/c1-3-52-21-44-31-9-6-27(16-25(31)19-33(44)35(47)41-13-11-39)46(37(49)30-18-24-15-23(38(50)51)5-8-29(24)43-30)28-7-10-32-26(17-28)20-34(36(48)42-14-12-40)45(32)22-53-4-2/h5-10,15-20,43H,3-4,11-14,21-22,39-40H2,1-2H3,(H,41,47)(H,42,48)(H,50,51). The molecule has 8 N–H and O–H groups in total. The summed E-state index contributed by atoms with van der Waals surface area (Å²) in [5.41, 5.74) is 15.3. The molecule has 0 bridgehead atoms. The lowest BCUT2D eigenvalue weighted by molar-refractivity contribution is 0.0696. The van der Waals surface area contributed by atoms with Gasteiger partial charge in [0.1, 0.15) is 30.5 Å². The second kappa shape index (κ2) is 16.1. The zero-order valence-corrected chi connectivity index (χ0v) is 29.5. The molecule has 3 heterocycles. The number of aromatic carboxylic acids is 1. The Morgan fingerprint density at radius 1 is 0.717 bits per heavy atom. The molecule has 0 aliphatic heterocycles. The lowest BCUT2D eigenvalue weighted by Crippen LogP contribution is -2.30. The zero-order valence-electron chi connectivity index (χ0n) is 29.5. The van der Waals surface area contributed by atoms with Crippen LogP contribution in [-0.4, -0.2) is 82.3 Å². The van der Waals surface area contributed by atoms with Gasteiger partial charge in [-0.25, -0.2) is 4.79 Å². The van der Waals surface area contributed by atoms with Crippen molar-refractivity contribution in [3.05, 3.63) is 95.4 Å². The summed E-state index contributed by atoms with van der Waals surface area (Å²) in [6, 6.07) is 20.5. The van der Waals surface area contributed by atoms with Crippen molar-refractivity contribution in [2.75, 3.05) is 44.3 Å². The van der Waals surface area contributed by atoms with Gasteiger partial charge in [0.25, 0.3) is 17.7 Å². The van der Waals surface area contributed by atoms with Crippen molar-refractivity contribution >= 4 is 67.8 Å². The number of benzene rings is 3. The molecule has 276 valence electrons. The number of hydrogen-bond donors (Lipinski definition) is 6. The van der Waals surface area contributed by atoms with Crippen molar-refractivity contribution in [2.45, 2.75) is 27.3 Å². The minimum Gasteiger partial charge on any atom is -0.478 e. The molecular weight excluding hydrogens is 680 g/mol. The van der Waals surface area contributed by atoms with E-state index in [0.717, 1.165) is 11.0 Å². The van der Waals surface area contributed by atoms with Gasteiger partial charge in [-0.05, 0) is 86.6 Å². The van der Waals surface area contributed by atoms with Crippen LogP contribution in [0.25, 0.3) is 32.7 Å². The van der Waals surface area contributed by atoms with Crippen LogP contribution in [0.5, 0.6) is 0 Å². The van der Waals surface area contributed by atoms with E-state index in [-0.39, 0.29) is 49.6 Å². The van der Waals surface area contributed by atoms with E-state index in [4.69, 9.17) is 20.9 Å². The topological polar surface area (TPSA) is 212 Å². The van der Waals surface area contributed by atoms with Gasteiger partial charge in [-0.1, -0.05) is 0 Å². The fourth-order valence-electron chi connectivity index (χ4n) is 6.25. The predicted octanol–water partition coefficient (Wildman–Crippen LogP) is 4.12. The van der Waals surface area contributed by atoms with Crippen LogP contribution in [0.3, 0.4) is 0 Å². The molecule has 53 heavy (non-hydrogen) atoms. The van der Waals surface area contributed by atoms with Gasteiger partial charge in [0.2, 0.25) is 0 Å². The summed E-state index contributed by atoms with van der Waals surface area (Å²) in [6.45, 7) is 6.04. The molecule has 6 aromatic rings. The highest BCUT2D eigenvalue weighted by molar-refractivity contribution is 6.14. The predicted molar refractivity (Wildman–Crippen MR) is 202 cm³/mol. The maximum absolute atomic E-state index is 14.7. The molecular formula is C38H42N8O7. The number of nitrogens with two attached hydrogens (primary N) is 2. The number of aromatic nitrogens is 3. The van der Waals surface area contributed by atoms with Crippen LogP contribution in [-0.2, 0) is 22.9 Å². The highest BCUT2D eigenvalue weighted by Crippen LogP contribution is 2.35. The summed E-state index contributed by atoms with van der Waals surface area (Å²) in [6.07, 6.45) is 0. The van der Waals surface area contributed by atoms with Crippen LogP contribution in [0.1, 0.15) is 55.7 Å². The summed E-state index contributed by atoms with van der Waals surface area (Å²) >= 11 is 0. The number of H-pyrrole nitrogens is 1. The Kier molecular flexibility index (Phi) is 11.2. The Hall–Kier alpha value is -6.00. The van der Waals surface area contributed by atoms with Crippen molar-refractivity contribution in [1.82, 2.24) is 24.8 Å². The van der Waals surface area contributed by atoms with E-state index in [1.54, 1.807) is 45.5 Å². The molecule has 15 nitrogen and oxygen atoms in total. The number of anilines is 2. The molecule has 3 aromatic carbocycles. The average molecular weight is 723 g/mol. The van der Waals surface area contributed by atoms with Gasteiger partial charge in [-0.3, -0.25) is 19.3 Å². The molecule has 15 heteroatoms. The monoisotopic (exact) mass is 722 g/mol. The number of ether oxygens (including phenoxy) is 2. The normalized spacial score (nSPS) is 11.4.